The van der Waals surface area contributed by atoms with E-state index in [2.05, 4.69) is 10.5 Å². The second kappa shape index (κ2) is 5.35. The number of nitrogens with one attached hydrogen (secondary N) is 1. The molecule has 0 spiro atoms. The molecule has 17 heavy (non-hydrogen) atoms. The molecule has 100 valence electrons. The molecule has 8 heteroatoms. The zero-order valence-corrected chi connectivity index (χ0v) is 11.2. The molecule has 1 amide bonds. The summed E-state index contributed by atoms with van der Waals surface area (Å²) in [5.74, 6) is -1.01. The van der Waals surface area contributed by atoms with E-state index in [0.717, 1.165) is 6.26 Å². The maximum absolute atomic E-state index is 11.7. The minimum absolute atomic E-state index is 0.0255. The zero-order chi connectivity index (χ0) is 13.9. The Morgan fingerprint density at radius 1 is 1.53 bits per heavy atom. The fourth-order valence-corrected chi connectivity index (χ4v) is 1.24. The number of carbonyl (C=O) groups is 1. The highest BCUT2D eigenvalue weighted by Gasteiger charge is 2.38. The first-order valence-corrected chi connectivity index (χ1v) is 6.88. The molecule has 4 N–H and O–H groups in total. The van der Waals surface area contributed by atoms with Crippen molar-refractivity contribution in [3.05, 3.63) is 0 Å². The number of amidine groups is 1. The molecule has 1 unspecified atom stereocenters. The Morgan fingerprint density at radius 3 is 2.35 bits per heavy atom. The molecule has 0 rings (SSSR count). The molecule has 0 aliphatic heterocycles. The number of carbonyl (C=O) groups excluding carboxylic acids is 1. The molecule has 1 atom stereocenters. The fourth-order valence-electron chi connectivity index (χ4n) is 0.830. The number of nitrogens with two attached hydrogens (primary N) is 1. The van der Waals surface area contributed by atoms with Crippen molar-refractivity contribution in [1.29, 1.82) is 0 Å². The molecule has 0 aromatic carbocycles. The number of sulfone groups is 1. The summed E-state index contributed by atoms with van der Waals surface area (Å²) < 4.78 is 21.3. The van der Waals surface area contributed by atoms with Gasteiger partial charge >= 0.3 is 0 Å². The monoisotopic (exact) mass is 265 g/mol. The smallest absolute Gasteiger partial charge is 0.240 e. The third kappa shape index (κ3) is 3.88. The first-order valence-electron chi connectivity index (χ1n) is 4.99. The average molecular weight is 265 g/mol. The maximum atomic E-state index is 11.7. The van der Waals surface area contributed by atoms with Crippen molar-refractivity contribution in [2.24, 2.45) is 16.8 Å². The SMILES string of the molecule is CC(CNC(=O)C(C)(C)S(C)(=O)=O)C(N)=NO. The molecule has 0 aliphatic rings. The lowest BCUT2D eigenvalue weighted by atomic mass is 10.1. The van der Waals surface area contributed by atoms with Crippen LogP contribution in [0, 0.1) is 5.92 Å². The van der Waals surface area contributed by atoms with E-state index in [1.54, 1.807) is 6.92 Å². The molecule has 0 aromatic heterocycles. The molecule has 0 fully saturated rings. The molecule has 7 nitrogen and oxygen atoms in total. The van der Waals surface area contributed by atoms with Gasteiger partial charge in [0.05, 0.1) is 0 Å². The topological polar surface area (TPSA) is 122 Å². The second-order valence-corrected chi connectivity index (χ2v) is 6.98. The fraction of sp³-hybridized carbons (Fsp3) is 0.778. The van der Waals surface area contributed by atoms with Crippen molar-refractivity contribution in [2.75, 3.05) is 12.8 Å². The van der Waals surface area contributed by atoms with Gasteiger partial charge in [-0.2, -0.15) is 0 Å². The molecule has 0 heterocycles. The van der Waals surface area contributed by atoms with Crippen LogP contribution in [0.4, 0.5) is 0 Å². The first kappa shape index (κ1) is 15.7. The van der Waals surface area contributed by atoms with Gasteiger partial charge in [-0.15, -0.1) is 0 Å². The number of oxime groups is 1. The number of hydrogen-bond donors (Lipinski definition) is 3. The lowest BCUT2D eigenvalue weighted by Gasteiger charge is -2.22. The van der Waals surface area contributed by atoms with E-state index < -0.39 is 20.5 Å². The van der Waals surface area contributed by atoms with Gasteiger partial charge in [0, 0.05) is 18.7 Å². The Balaban J connectivity index is 4.60. The molecule has 0 bridgehead atoms. The van der Waals surface area contributed by atoms with E-state index in [1.807, 2.05) is 0 Å². The minimum atomic E-state index is -3.50. The predicted molar refractivity (Wildman–Crippen MR) is 64.5 cm³/mol. The summed E-state index contributed by atoms with van der Waals surface area (Å²) in [6.45, 7) is 4.40. The normalized spacial score (nSPS) is 15.4. The third-order valence-electron chi connectivity index (χ3n) is 2.66. The Bertz CT molecular complexity index is 414. The van der Waals surface area contributed by atoms with Crippen molar-refractivity contribution in [2.45, 2.75) is 25.5 Å². The van der Waals surface area contributed by atoms with E-state index in [9.17, 15) is 13.2 Å². The molecule has 0 radical (unpaired) electrons. The van der Waals surface area contributed by atoms with Crippen LogP contribution in [-0.4, -0.2) is 42.9 Å². The van der Waals surface area contributed by atoms with Crippen LogP contribution in [0.15, 0.2) is 5.16 Å². The van der Waals surface area contributed by atoms with E-state index in [4.69, 9.17) is 10.9 Å². The summed E-state index contributed by atoms with van der Waals surface area (Å²) in [4.78, 5) is 11.7. The van der Waals surface area contributed by atoms with Crippen LogP contribution in [-0.2, 0) is 14.6 Å². The van der Waals surface area contributed by atoms with Gasteiger partial charge in [-0.1, -0.05) is 12.1 Å². The zero-order valence-electron chi connectivity index (χ0n) is 10.4. The van der Waals surface area contributed by atoms with E-state index in [1.165, 1.54) is 13.8 Å². The maximum Gasteiger partial charge on any atom is 0.240 e. The van der Waals surface area contributed by atoms with Gasteiger partial charge in [0.15, 0.2) is 9.84 Å². The minimum Gasteiger partial charge on any atom is -0.409 e. The Labute approximate surface area is 101 Å². The van der Waals surface area contributed by atoms with Crippen molar-refractivity contribution >= 4 is 21.6 Å². The van der Waals surface area contributed by atoms with E-state index in [0.29, 0.717) is 0 Å². The van der Waals surface area contributed by atoms with E-state index >= 15 is 0 Å². The van der Waals surface area contributed by atoms with Crippen molar-refractivity contribution in [3.63, 3.8) is 0 Å². The molecule has 0 saturated heterocycles. The molecular weight excluding hydrogens is 246 g/mol. The average Bonchev–Trinajstić information content (AvgIpc) is 2.22. The van der Waals surface area contributed by atoms with E-state index in [-0.39, 0.29) is 18.3 Å². The van der Waals surface area contributed by atoms with Gasteiger partial charge in [0.2, 0.25) is 5.91 Å². The lowest BCUT2D eigenvalue weighted by molar-refractivity contribution is -0.122. The van der Waals surface area contributed by atoms with Crippen LogP contribution in [0.25, 0.3) is 0 Å². The van der Waals surface area contributed by atoms with Gasteiger partial charge in [0.1, 0.15) is 10.6 Å². The molecule has 0 aliphatic carbocycles. The second-order valence-electron chi connectivity index (χ2n) is 4.42. The predicted octanol–water partition coefficient (Wildman–Crippen LogP) is -0.692. The largest absolute Gasteiger partial charge is 0.409 e. The van der Waals surface area contributed by atoms with Crippen LogP contribution in [0.2, 0.25) is 0 Å². The number of amides is 1. The summed E-state index contributed by atoms with van der Waals surface area (Å²) >= 11 is 0. The van der Waals surface area contributed by atoms with Gasteiger partial charge in [-0.25, -0.2) is 8.42 Å². The third-order valence-corrected chi connectivity index (χ3v) is 4.70. The lowest BCUT2D eigenvalue weighted by Crippen LogP contribution is -2.49. The number of rotatable bonds is 5. The Kier molecular flexibility index (Phi) is 4.94. The number of nitrogens with zero attached hydrogens (tertiary/aromatic N) is 1. The van der Waals surface area contributed by atoms with Gasteiger partial charge in [0.25, 0.3) is 0 Å². The standard InChI is InChI=1S/C9H19N3O4S/c1-6(7(10)12-14)5-11-8(13)9(2,3)17(4,15)16/h6,14H,5H2,1-4H3,(H2,10,12)(H,11,13). The molecule has 0 saturated carbocycles. The summed E-state index contributed by atoms with van der Waals surface area (Å²) in [6, 6.07) is 0. The number of hydrogen-bond acceptors (Lipinski definition) is 5. The van der Waals surface area contributed by atoms with Crippen molar-refractivity contribution in [3.8, 4) is 0 Å². The first-order chi connectivity index (χ1) is 7.54. The van der Waals surface area contributed by atoms with Crippen LogP contribution >= 0.6 is 0 Å². The summed E-state index contributed by atoms with van der Waals surface area (Å²) in [7, 11) is -3.50. The highest BCUT2D eigenvalue weighted by molar-refractivity contribution is 7.92. The van der Waals surface area contributed by atoms with Crippen molar-refractivity contribution in [1.82, 2.24) is 5.32 Å². The van der Waals surface area contributed by atoms with Crippen molar-refractivity contribution < 1.29 is 18.4 Å². The van der Waals surface area contributed by atoms with Crippen LogP contribution < -0.4 is 11.1 Å². The highest BCUT2D eigenvalue weighted by atomic mass is 32.2. The summed E-state index contributed by atoms with van der Waals surface area (Å²) in [6.07, 6.45) is 1.000. The van der Waals surface area contributed by atoms with Crippen LogP contribution in [0.1, 0.15) is 20.8 Å². The van der Waals surface area contributed by atoms with Gasteiger partial charge in [-0.3, -0.25) is 4.79 Å². The quantitative estimate of drug-likeness (QED) is 0.263. The van der Waals surface area contributed by atoms with Crippen LogP contribution in [0.3, 0.4) is 0 Å². The Hall–Kier alpha value is -1.31. The molecular formula is C9H19N3O4S. The Morgan fingerprint density at radius 2 is 2.00 bits per heavy atom. The summed E-state index contributed by atoms with van der Waals surface area (Å²) in [5.41, 5.74) is 5.33. The summed E-state index contributed by atoms with van der Waals surface area (Å²) in [5, 5.41) is 13.7. The highest BCUT2D eigenvalue weighted by Crippen LogP contribution is 2.15. The molecule has 0 aromatic rings. The van der Waals surface area contributed by atoms with Gasteiger partial charge < -0.3 is 16.3 Å². The van der Waals surface area contributed by atoms with Crippen LogP contribution in [0.5, 0.6) is 0 Å². The van der Waals surface area contributed by atoms with Gasteiger partial charge in [-0.05, 0) is 13.8 Å².